The fraction of sp³-hybridized carbons (Fsp3) is 0.362. The number of hydrogen-bond acceptors (Lipinski definition) is 23. The second-order valence-corrected chi connectivity index (χ2v) is 27.0. The number of carbonyl (C=O) groups excluding carboxylic acids is 6. The number of carboxylic acid groups (broad SMARTS) is 2. The minimum Gasteiger partial charge on any atom is -0.481 e. The molecule has 2 aliphatic rings. The number of aliphatic hydroxyl groups is 1. The number of ether oxygens (including phenoxy) is 1. The zero-order valence-corrected chi connectivity index (χ0v) is 53.2. The summed E-state index contributed by atoms with van der Waals surface area (Å²) in [6, 6.07) is 9.24. The van der Waals surface area contributed by atoms with Gasteiger partial charge in [0.25, 0.3) is 17.7 Å². The van der Waals surface area contributed by atoms with Crippen molar-refractivity contribution in [2.75, 3.05) is 32.1 Å². The van der Waals surface area contributed by atoms with Crippen molar-refractivity contribution in [1.29, 1.82) is 0 Å². The van der Waals surface area contributed by atoms with Gasteiger partial charge in [0, 0.05) is 58.6 Å². The Labute approximate surface area is 532 Å². The van der Waals surface area contributed by atoms with E-state index < -0.39 is 84.1 Å². The van der Waals surface area contributed by atoms with E-state index in [0.29, 0.717) is 94.4 Å². The molecule has 31 heteroatoms. The van der Waals surface area contributed by atoms with Gasteiger partial charge in [-0.1, -0.05) is 44.2 Å². The van der Waals surface area contributed by atoms with Gasteiger partial charge < -0.3 is 46.6 Å². The van der Waals surface area contributed by atoms with Crippen LogP contribution in [0.1, 0.15) is 138 Å². The first-order chi connectivity index (χ1) is 42.8. The molecule has 1 fully saturated rings. The molecule has 1 aliphatic carbocycles. The molecule has 1 aliphatic heterocycles. The second kappa shape index (κ2) is 28.1. The van der Waals surface area contributed by atoms with Crippen molar-refractivity contribution < 1.29 is 58.4 Å². The lowest BCUT2D eigenvalue weighted by Gasteiger charge is -2.29. The highest BCUT2D eigenvalue weighted by molar-refractivity contribution is 7.15. The van der Waals surface area contributed by atoms with Gasteiger partial charge in [0.1, 0.15) is 82.2 Å². The largest absolute Gasteiger partial charge is 0.481 e. The van der Waals surface area contributed by atoms with Crippen LogP contribution in [-0.4, -0.2) is 125 Å². The summed E-state index contributed by atoms with van der Waals surface area (Å²) in [5, 5.41) is 54.1. The van der Waals surface area contributed by atoms with Crippen molar-refractivity contribution in [3.05, 3.63) is 111 Å². The van der Waals surface area contributed by atoms with E-state index in [1.807, 2.05) is 13.8 Å². The number of benzene rings is 1. The molecule has 1 aromatic carbocycles. The van der Waals surface area contributed by atoms with Gasteiger partial charge in [-0.3, -0.25) is 43.3 Å². The van der Waals surface area contributed by atoms with E-state index in [-0.39, 0.29) is 65.7 Å². The molecule has 7 aromatic heterocycles. The fourth-order valence-electron chi connectivity index (χ4n) is 10.1. The standard InChI is InChI=1S/C58H59N13O12S6/c1-26(2)42-56-70-45(37(89-56)21-83-5)49(78)60-20-40(73)67-46(47(76)28-9-7-6-8-10-28)55-65-36(24-86-55)53-63-34(22-85-53)44-31(51-64-35(23-84-51)48(77)62-33(19-39(72)59-4)54-69-43(27(3)88-54)50(79)68-42)15-16-32(61-44)52-66-38(25-87-52)71(18-17-41(74)75)57(80)29-11-13-30(14-12-29)58(81)82/h6-10,15-16,22-26,29-30,33,42,46-47,76H,11-14,17-21H2,1-5H3,(H,59,72)(H,60,78)(H,62,77)(H,67,73)(H,68,79)(H,74,75)(H,81,82)/t29?,30?,33-,42-,46-,47-/m0/s1. The van der Waals surface area contributed by atoms with E-state index in [1.54, 1.807) is 70.9 Å². The van der Waals surface area contributed by atoms with Crippen molar-refractivity contribution in [1.82, 2.24) is 61.5 Å². The Kier molecular flexibility index (Phi) is 20.2. The molecule has 10 bridgehead atoms. The molecule has 0 spiro atoms. The number of nitrogens with zero attached hydrogens (tertiary/aromatic N) is 8. The Balaban J connectivity index is 1.05. The predicted molar refractivity (Wildman–Crippen MR) is 335 cm³/mol. The maximum Gasteiger partial charge on any atom is 0.306 e. The summed E-state index contributed by atoms with van der Waals surface area (Å²) in [4.78, 5) is 144. The van der Waals surface area contributed by atoms with Crippen molar-refractivity contribution in [3.8, 4) is 43.4 Å². The van der Waals surface area contributed by atoms with Gasteiger partial charge >= 0.3 is 11.9 Å². The van der Waals surface area contributed by atoms with Crippen LogP contribution in [0.25, 0.3) is 43.4 Å². The summed E-state index contributed by atoms with van der Waals surface area (Å²) in [6.07, 6.45) is -0.660. The van der Waals surface area contributed by atoms with Crippen LogP contribution in [-0.2, 0) is 35.3 Å². The predicted octanol–water partition coefficient (Wildman–Crippen LogP) is 8.01. The van der Waals surface area contributed by atoms with Gasteiger partial charge in [0.15, 0.2) is 0 Å². The number of aliphatic hydroxyl groups excluding tert-OH is 1. The van der Waals surface area contributed by atoms with Gasteiger partial charge in [0.2, 0.25) is 17.7 Å². The normalized spacial score (nSPS) is 18.7. The number of aliphatic carboxylic acids is 2. The molecule has 0 saturated heterocycles. The molecule has 1 saturated carbocycles. The molecular weight excluding hydrogens is 1260 g/mol. The van der Waals surface area contributed by atoms with E-state index in [2.05, 4.69) is 36.6 Å². The number of amides is 6. The molecule has 464 valence electrons. The van der Waals surface area contributed by atoms with Crippen LogP contribution in [0, 0.1) is 24.7 Å². The molecule has 8 N–H and O–H groups in total. The first-order valence-electron chi connectivity index (χ1n) is 28.0. The maximum absolute atomic E-state index is 14.4. The molecule has 4 atom stereocenters. The van der Waals surface area contributed by atoms with Crippen LogP contribution in [0.4, 0.5) is 5.82 Å². The average molecular weight is 1320 g/mol. The number of rotatable bonds is 14. The van der Waals surface area contributed by atoms with Crippen molar-refractivity contribution in [3.63, 3.8) is 0 Å². The van der Waals surface area contributed by atoms with Crippen molar-refractivity contribution >= 4 is 121 Å². The van der Waals surface area contributed by atoms with E-state index in [1.165, 1.54) is 41.7 Å². The zero-order valence-electron chi connectivity index (χ0n) is 48.3. The number of aromatic nitrogens is 7. The Morgan fingerprint density at radius 3 is 2.09 bits per heavy atom. The molecule has 6 amide bonds. The third-order valence-electron chi connectivity index (χ3n) is 14.8. The van der Waals surface area contributed by atoms with Gasteiger partial charge in [0.05, 0.1) is 54.6 Å². The molecule has 10 rings (SSSR count). The Bertz CT molecular complexity index is 3960. The summed E-state index contributed by atoms with van der Waals surface area (Å²) >= 11 is 6.97. The minimum absolute atomic E-state index is 0.0123. The van der Waals surface area contributed by atoms with Crippen molar-refractivity contribution in [2.24, 2.45) is 17.8 Å². The Morgan fingerprint density at radius 2 is 1.37 bits per heavy atom. The van der Waals surface area contributed by atoms with Gasteiger partial charge in [-0.2, -0.15) is 0 Å². The highest BCUT2D eigenvalue weighted by Gasteiger charge is 2.36. The SMILES string of the molecule is CNC(=O)C[C@@H]1NC(=O)c2csc(n2)-c2ccc(-c3nc(N(CCC(=O)O)C(=O)C4CCC(C(=O)O)CC4)cs3)nc2-c2csc(n2)-c2csc(n2)[C@H]([C@@H](O)c2ccccc2)NC(=O)CNC(=O)c2nc(sc2COC)[C@H](C(C)C)NC(=O)c2nc1sc2C. The molecular formula is C58H59N13O12S6. The molecule has 8 heterocycles. The maximum atomic E-state index is 14.4. The first-order valence-corrected chi connectivity index (χ1v) is 33.1. The van der Waals surface area contributed by atoms with Gasteiger partial charge in [-0.15, -0.1) is 68.0 Å². The monoisotopic (exact) mass is 1320 g/mol. The summed E-state index contributed by atoms with van der Waals surface area (Å²) < 4.78 is 5.45. The van der Waals surface area contributed by atoms with Crippen LogP contribution in [0.2, 0.25) is 0 Å². The van der Waals surface area contributed by atoms with E-state index in [9.17, 15) is 53.7 Å². The number of aryl methyl sites for hydroxylation is 1. The second-order valence-electron chi connectivity index (χ2n) is 21.2. The van der Waals surface area contributed by atoms with Crippen LogP contribution in [0.15, 0.2) is 64.0 Å². The van der Waals surface area contributed by atoms with Gasteiger partial charge in [-0.25, -0.2) is 34.9 Å². The van der Waals surface area contributed by atoms with Gasteiger partial charge in [-0.05, 0) is 56.2 Å². The third kappa shape index (κ3) is 14.6. The number of pyridine rings is 1. The lowest BCUT2D eigenvalue weighted by atomic mass is 9.81. The highest BCUT2D eigenvalue weighted by atomic mass is 32.1. The Morgan fingerprint density at radius 1 is 0.685 bits per heavy atom. The number of methoxy groups -OCH3 is 1. The van der Waals surface area contributed by atoms with Crippen LogP contribution >= 0.6 is 68.0 Å². The van der Waals surface area contributed by atoms with Crippen LogP contribution in [0.5, 0.6) is 0 Å². The number of hydrogen-bond donors (Lipinski definition) is 8. The lowest BCUT2D eigenvalue weighted by Crippen LogP contribution is -2.40. The molecule has 8 aromatic rings. The lowest BCUT2D eigenvalue weighted by molar-refractivity contribution is -0.144. The summed E-state index contributed by atoms with van der Waals surface area (Å²) in [5.74, 6) is -6.56. The molecule has 25 nitrogen and oxygen atoms in total. The smallest absolute Gasteiger partial charge is 0.306 e. The van der Waals surface area contributed by atoms with E-state index in [0.717, 1.165) is 45.3 Å². The molecule has 0 radical (unpaired) electrons. The first kappa shape index (κ1) is 63.8. The Hall–Kier alpha value is -8.17. The molecule has 0 unspecified atom stereocenters. The highest BCUT2D eigenvalue weighted by Crippen LogP contribution is 2.41. The summed E-state index contributed by atoms with van der Waals surface area (Å²) in [7, 11) is 2.92. The van der Waals surface area contributed by atoms with E-state index in [4.69, 9.17) is 29.7 Å². The summed E-state index contributed by atoms with van der Waals surface area (Å²) in [6.45, 7) is 4.71. The number of anilines is 1. The average Bonchev–Trinajstić information content (AvgIpc) is 2.61. The van der Waals surface area contributed by atoms with Crippen LogP contribution in [0.3, 0.4) is 0 Å². The third-order valence-corrected chi connectivity index (χ3v) is 20.5. The van der Waals surface area contributed by atoms with E-state index >= 15 is 0 Å². The number of thiazole rings is 6. The summed E-state index contributed by atoms with van der Waals surface area (Å²) in [5.41, 5.74) is 2.32. The molecule has 89 heavy (non-hydrogen) atoms. The van der Waals surface area contributed by atoms with Crippen molar-refractivity contribution in [2.45, 2.75) is 90.1 Å². The quantitative estimate of drug-likeness (QED) is 0.0511. The number of nitrogens with one attached hydrogen (secondary N) is 5. The minimum atomic E-state index is -1.31. The number of fused-ring (bicyclic) bond motifs is 14. The number of carboxylic acids is 2. The number of carbonyl (C=O) groups is 8. The fourth-order valence-corrected chi connectivity index (χ4v) is 15.6. The zero-order chi connectivity index (χ0) is 63.2. The topological polar surface area (TPSA) is 360 Å². The van der Waals surface area contributed by atoms with Crippen LogP contribution < -0.4 is 31.5 Å².